The molecule has 0 bridgehead atoms. The maximum absolute atomic E-state index is 12.2. The quantitative estimate of drug-likeness (QED) is 0.543. The van der Waals surface area contributed by atoms with Crippen LogP contribution in [0.3, 0.4) is 0 Å². The average Bonchev–Trinajstić information content (AvgIpc) is 2.55. The SMILES string of the molecule is O=C([O-])c1ccccc1C(=O)Oc1cccc2cccnc12. The lowest BCUT2D eigenvalue weighted by Crippen LogP contribution is -2.26. The number of hydrogen-bond acceptors (Lipinski definition) is 5. The zero-order chi connectivity index (χ0) is 15.5. The van der Waals surface area contributed by atoms with Gasteiger partial charge in [0.1, 0.15) is 5.52 Å². The lowest BCUT2D eigenvalue weighted by Gasteiger charge is -2.10. The van der Waals surface area contributed by atoms with Gasteiger partial charge in [0.2, 0.25) is 0 Å². The summed E-state index contributed by atoms with van der Waals surface area (Å²) in [5.74, 6) is -1.92. The van der Waals surface area contributed by atoms with E-state index < -0.39 is 11.9 Å². The lowest BCUT2D eigenvalue weighted by molar-refractivity contribution is -0.255. The molecule has 22 heavy (non-hydrogen) atoms. The molecule has 1 heterocycles. The minimum atomic E-state index is -1.43. The number of para-hydroxylation sites is 1. The van der Waals surface area contributed by atoms with E-state index in [1.165, 1.54) is 18.2 Å². The number of hydrogen-bond donors (Lipinski definition) is 0. The summed E-state index contributed by atoms with van der Waals surface area (Å²) in [6.07, 6.45) is 1.59. The van der Waals surface area contributed by atoms with Crippen molar-refractivity contribution in [3.63, 3.8) is 0 Å². The summed E-state index contributed by atoms with van der Waals surface area (Å²) in [7, 11) is 0. The molecular formula is C17H10NO4-. The number of benzene rings is 2. The van der Waals surface area contributed by atoms with Crippen LogP contribution in [0.2, 0.25) is 0 Å². The number of aromatic carboxylic acids is 1. The molecule has 0 saturated heterocycles. The first-order valence-electron chi connectivity index (χ1n) is 6.53. The summed E-state index contributed by atoms with van der Waals surface area (Å²) < 4.78 is 5.31. The molecule has 0 radical (unpaired) electrons. The van der Waals surface area contributed by atoms with Crippen LogP contribution in [0.1, 0.15) is 20.7 Å². The number of carboxylic acids is 1. The maximum atomic E-state index is 12.2. The molecule has 0 amide bonds. The van der Waals surface area contributed by atoms with Gasteiger partial charge < -0.3 is 14.6 Å². The number of nitrogens with zero attached hydrogens (tertiary/aromatic N) is 1. The molecule has 1 aromatic heterocycles. The molecule has 3 aromatic rings. The number of ether oxygens (including phenoxy) is 1. The van der Waals surface area contributed by atoms with Gasteiger partial charge in [0, 0.05) is 17.1 Å². The third-order valence-electron chi connectivity index (χ3n) is 3.17. The number of carboxylic acid groups (broad SMARTS) is 1. The number of esters is 1. The van der Waals surface area contributed by atoms with Gasteiger partial charge in [0.25, 0.3) is 0 Å². The van der Waals surface area contributed by atoms with Crippen molar-refractivity contribution < 1.29 is 19.4 Å². The molecule has 0 aliphatic rings. The fourth-order valence-electron chi connectivity index (χ4n) is 2.15. The summed E-state index contributed by atoms with van der Waals surface area (Å²) in [6, 6.07) is 14.6. The van der Waals surface area contributed by atoms with Crippen LogP contribution in [-0.2, 0) is 0 Å². The molecule has 2 aromatic carbocycles. The molecule has 0 fully saturated rings. The van der Waals surface area contributed by atoms with Gasteiger partial charge in [-0.1, -0.05) is 36.4 Å². The molecule has 0 unspecified atom stereocenters. The van der Waals surface area contributed by atoms with Gasteiger partial charge in [0.15, 0.2) is 5.75 Å². The van der Waals surface area contributed by atoms with Crippen LogP contribution in [0.5, 0.6) is 5.75 Å². The second-order valence-electron chi connectivity index (χ2n) is 4.55. The van der Waals surface area contributed by atoms with Crippen molar-refractivity contribution in [2.45, 2.75) is 0 Å². The van der Waals surface area contributed by atoms with Crippen LogP contribution in [0, 0.1) is 0 Å². The number of fused-ring (bicyclic) bond motifs is 1. The molecule has 5 nitrogen and oxygen atoms in total. The summed E-state index contributed by atoms with van der Waals surface area (Å²) in [5, 5.41) is 11.9. The fraction of sp³-hybridized carbons (Fsp3) is 0. The molecule has 0 aliphatic heterocycles. The van der Waals surface area contributed by atoms with Gasteiger partial charge in [0.05, 0.1) is 11.5 Å². The molecule has 0 saturated carbocycles. The smallest absolute Gasteiger partial charge is 0.344 e. The summed E-state index contributed by atoms with van der Waals surface area (Å²) in [4.78, 5) is 27.5. The first-order valence-corrected chi connectivity index (χ1v) is 6.53. The molecule has 3 rings (SSSR count). The summed E-state index contributed by atoms with van der Waals surface area (Å²) in [5.41, 5.74) is 0.264. The highest BCUT2D eigenvalue weighted by molar-refractivity contribution is 6.03. The van der Waals surface area contributed by atoms with E-state index in [0.717, 1.165) is 5.39 Å². The first kappa shape index (κ1) is 13.8. The zero-order valence-electron chi connectivity index (χ0n) is 11.4. The number of rotatable bonds is 3. The molecule has 0 atom stereocenters. The number of aromatic nitrogens is 1. The highest BCUT2D eigenvalue weighted by Gasteiger charge is 2.15. The number of pyridine rings is 1. The van der Waals surface area contributed by atoms with Crippen molar-refractivity contribution in [2.75, 3.05) is 0 Å². The summed E-state index contributed by atoms with van der Waals surface area (Å²) in [6.45, 7) is 0. The van der Waals surface area contributed by atoms with Crippen molar-refractivity contribution >= 4 is 22.8 Å². The van der Waals surface area contributed by atoms with E-state index in [1.807, 2.05) is 12.1 Å². The molecule has 0 aliphatic carbocycles. The highest BCUT2D eigenvalue weighted by atomic mass is 16.5. The van der Waals surface area contributed by atoms with E-state index in [0.29, 0.717) is 5.52 Å². The van der Waals surface area contributed by atoms with Crippen LogP contribution >= 0.6 is 0 Å². The van der Waals surface area contributed by atoms with Crippen LogP contribution in [0.4, 0.5) is 0 Å². The second-order valence-corrected chi connectivity index (χ2v) is 4.55. The lowest BCUT2D eigenvalue weighted by atomic mass is 10.1. The number of carbonyl (C=O) groups is 2. The van der Waals surface area contributed by atoms with Gasteiger partial charge in [-0.05, 0) is 18.2 Å². The highest BCUT2D eigenvalue weighted by Crippen LogP contribution is 2.24. The zero-order valence-corrected chi connectivity index (χ0v) is 11.4. The van der Waals surface area contributed by atoms with E-state index in [4.69, 9.17) is 4.74 Å². The van der Waals surface area contributed by atoms with E-state index in [1.54, 1.807) is 30.5 Å². The van der Waals surface area contributed by atoms with E-state index >= 15 is 0 Å². The summed E-state index contributed by atoms with van der Waals surface area (Å²) >= 11 is 0. The predicted octanol–water partition coefficient (Wildman–Crippen LogP) is 1.82. The van der Waals surface area contributed by atoms with Crippen molar-refractivity contribution in [3.05, 3.63) is 71.9 Å². The Balaban J connectivity index is 1.99. The Morgan fingerprint density at radius 2 is 1.64 bits per heavy atom. The van der Waals surface area contributed by atoms with Gasteiger partial charge in [-0.25, -0.2) is 4.79 Å². The van der Waals surface area contributed by atoms with Gasteiger partial charge >= 0.3 is 5.97 Å². The van der Waals surface area contributed by atoms with E-state index in [9.17, 15) is 14.7 Å². The fourth-order valence-corrected chi connectivity index (χ4v) is 2.15. The Morgan fingerprint density at radius 1 is 0.909 bits per heavy atom. The third-order valence-corrected chi connectivity index (χ3v) is 3.17. The van der Waals surface area contributed by atoms with Crippen molar-refractivity contribution in [3.8, 4) is 5.75 Å². The van der Waals surface area contributed by atoms with Crippen molar-refractivity contribution in [1.29, 1.82) is 0 Å². The Labute approximate surface area is 125 Å². The average molecular weight is 292 g/mol. The van der Waals surface area contributed by atoms with E-state index in [-0.39, 0.29) is 16.9 Å². The van der Waals surface area contributed by atoms with Crippen LogP contribution in [0.25, 0.3) is 10.9 Å². The van der Waals surface area contributed by atoms with Gasteiger partial charge in [-0.2, -0.15) is 0 Å². The van der Waals surface area contributed by atoms with Crippen molar-refractivity contribution in [2.24, 2.45) is 0 Å². The Bertz CT molecular complexity index is 868. The van der Waals surface area contributed by atoms with Crippen LogP contribution in [-0.4, -0.2) is 16.9 Å². The maximum Gasteiger partial charge on any atom is 0.344 e. The molecule has 0 N–H and O–H groups in total. The molecule has 5 heteroatoms. The molecule has 0 spiro atoms. The van der Waals surface area contributed by atoms with Gasteiger partial charge in [-0.15, -0.1) is 0 Å². The van der Waals surface area contributed by atoms with Gasteiger partial charge in [-0.3, -0.25) is 4.98 Å². The number of carbonyl (C=O) groups excluding carboxylic acids is 2. The standard InChI is InChI=1S/C17H11NO4/c19-16(20)12-7-1-2-8-13(12)17(21)22-14-9-3-5-11-6-4-10-18-15(11)14/h1-10H,(H,19,20)/p-1. The Hall–Kier alpha value is -3.21. The minimum absolute atomic E-state index is 0.0598. The topological polar surface area (TPSA) is 79.3 Å². The molecular weight excluding hydrogens is 282 g/mol. The van der Waals surface area contributed by atoms with Crippen LogP contribution in [0.15, 0.2) is 60.8 Å². The van der Waals surface area contributed by atoms with E-state index in [2.05, 4.69) is 4.98 Å². The monoisotopic (exact) mass is 292 g/mol. The third kappa shape index (κ3) is 2.52. The second kappa shape index (κ2) is 5.65. The van der Waals surface area contributed by atoms with Crippen molar-refractivity contribution in [1.82, 2.24) is 4.98 Å². The Kier molecular flexibility index (Phi) is 3.53. The normalized spacial score (nSPS) is 10.4. The van der Waals surface area contributed by atoms with Crippen LogP contribution < -0.4 is 9.84 Å². The predicted molar refractivity (Wildman–Crippen MR) is 77.5 cm³/mol. The first-order chi connectivity index (χ1) is 10.7. The largest absolute Gasteiger partial charge is 0.545 e. The Morgan fingerprint density at radius 3 is 2.41 bits per heavy atom. The molecule has 108 valence electrons. The minimum Gasteiger partial charge on any atom is -0.545 e.